The Kier molecular flexibility index (Phi) is 10.4. The quantitative estimate of drug-likeness (QED) is 0.220. The lowest BCUT2D eigenvalue weighted by atomic mass is 10.1. The van der Waals surface area contributed by atoms with Crippen LogP contribution in [0.5, 0.6) is 5.75 Å². The Morgan fingerprint density at radius 1 is 1.00 bits per heavy atom. The lowest BCUT2D eigenvalue weighted by Gasteiger charge is -2.33. The van der Waals surface area contributed by atoms with Crippen molar-refractivity contribution in [3.8, 4) is 5.75 Å². The van der Waals surface area contributed by atoms with Crippen LogP contribution in [0.4, 0.5) is 11.4 Å². The van der Waals surface area contributed by atoms with Gasteiger partial charge in [-0.25, -0.2) is 8.42 Å². The van der Waals surface area contributed by atoms with Gasteiger partial charge in [-0.2, -0.15) is 0 Å². The highest BCUT2D eigenvalue weighted by atomic mass is 32.2. The largest absolute Gasteiger partial charge is 0.497 e. The van der Waals surface area contributed by atoms with Crippen molar-refractivity contribution in [1.29, 1.82) is 0 Å². The van der Waals surface area contributed by atoms with E-state index >= 15 is 0 Å². The van der Waals surface area contributed by atoms with Crippen LogP contribution in [-0.2, 0) is 26.2 Å². The summed E-state index contributed by atoms with van der Waals surface area (Å²) < 4.78 is 33.9. The van der Waals surface area contributed by atoms with Crippen molar-refractivity contribution in [3.05, 3.63) is 94.5 Å². The molecule has 0 aromatic heterocycles. The number of hydrogen-bond acceptors (Lipinski definition) is 7. The topological polar surface area (TPSA) is 139 Å². The molecule has 3 aromatic rings. The highest BCUT2D eigenvalue weighted by Crippen LogP contribution is 2.27. The Labute approximate surface area is 251 Å². The summed E-state index contributed by atoms with van der Waals surface area (Å²) in [5.41, 5.74) is 0.590. The molecule has 12 heteroatoms. The Bertz CT molecular complexity index is 1510. The number of anilines is 1. The van der Waals surface area contributed by atoms with E-state index in [4.69, 9.17) is 4.74 Å². The van der Waals surface area contributed by atoms with E-state index in [1.165, 1.54) is 41.3 Å². The molecule has 0 bridgehead atoms. The maximum absolute atomic E-state index is 14.2. The van der Waals surface area contributed by atoms with Crippen LogP contribution in [0.1, 0.15) is 44.6 Å². The summed E-state index contributed by atoms with van der Waals surface area (Å²) in [6.07, 6.45) is 4.11. The molecule has 1 fully saturated rings. The summed E-state index contributed by atoms with van der Waals surface area (Å²) in [7, 11) is -2.72. The Morgan fingerprint density at radius 2 is 1.63 bits per heavy atom. The molecule has 0 heterocycles. The maximum atomic E-state index is 14.2. The van der Waals surface area contributed by atoms with Crippen molar-refractivity contribution in [3.63, 3.8) is 0 Å². The molecule has 43 heavy (non-hydrogen) atoms. The van der Waals surface area contributed by atoms with E-state index in [1.807, 2.05) is 6.92 Å². The third-order valence-electron chi connectivity index (χ3n) is 7.56. The molecule has 228 valence electrons. The van der Waals surface area contributed by atoms with Crippen LogP contribution in [0, 0.1) is 10.1 Å². The Hall–Kier alpha value is -4.45. The molecule has 3 aromatic carbocycles. The van der Waals surface area contributed by atoms with Crippen LogP contribution in [0.3, 0.4) is 0 Å². The van der Waals surface area contributed by atoms with Gasteiger partial charge in [0.2, 0.25) is 11.8 Å². The first kappa shape index (κ1) is 31.5. The zero-order valence-electron chi connectivity index (χ0n) is 24.2. The molecular formula is C31H36N4O7S. The van der Waals surface area contributed by atoms with E-state index in [0.29, 0.717) is 12.2 Å². The zero-order valence-corrected chi connectivity index (χ0v) is 25.0. The van der Waals surface area contributed by atoms with Gasteiger partial charge in [0, 0.05) is 24.7 Å². The Balaban J connectivity index is 1.71. The number of carbonyl (C=O) groups is 2. The standard InChI is InChI=1S/C31H36N4O7S/c1-3-29(31(37)32-24-9-7-8-10-24)33(21-23-13-19-27(42-2)20-14-23)30(36)22-34(25-15-17-26(18-16-25)35(38)39)43(40,41)28-11-5-4-6-12-28/h4-6,11-20,24,29H,3,7-10,21-22H2,1-2H3,(H,32,37). The molecule has 1 N–H and O–H groups in total. The zero-order chi connectivity index (χ0) is 31.0. The number of nitrogens with one attached hydrogen (secondary N) is 1. The molecule has 11 nitrogen and oxygen atoms in total. The number of hydrogen-bond donors (Lipinski definition) is 1. The number of nitro groups is 1. The molecule has 1 unspecified atom stereocenters. The number of rotatable bonds is 13. The molecular weight excluding hydrogens is 572 g/mol. The van der Waals surface area contributed by atoms with Crippen molar-refractivity contribution >= 4 is 33.2 Å². The number of methoxy groups -OCH3 is 1. The van der Waals surface area contributed by atoms with Gasteiger partial charge in [0.25, 0.3) is 15.7 Å². The predicted octanol–water partition coefficient (Wildman–Crippen LogP) is 4.66. The smallest absolute Gasteiger partial charge is 0.269 e. The number of ether oxygens (including phenoxy) is 1. The molecule has 0 saturated heterocycles. The van der Waals surface area contributed by atoms with Gasteiger partial charge < -0.3 is 15.0 Å². The normalized spacial score (nSPS) is 14.1. The minimum atomic E-state index is -4.27. The van der Waals surface area contributed by atoms with Gasteiger partial charge >= 0.3 is 0 Å². The second kappa shape index (κ2) is 14.1. The van der Waals surface area contributed by atoms with Gasteiger partial charge in [0.15, 0.2) is 0 Å². The van der Waals surface area contributed by atoms with E-state index in [0.717, 1.165) is 35.6 Å². The number of benzene rings is 3. The summed E-state index contributed by atoms with van der Waals surface area (Å²) in [5, 5.41) is 14.3. The number of sulfonamides is 1. The lowest BCUT2D eigenvalue weighted by molar-refractivity contribution is -0.384. The summed E-state index contributed by atoms with van der Waals surface area (Å²) >= 11 is 0. The summed E-state index contributed by atoms with van der Waals surface area (Å²) in [6, 6.07) is 18.9. The number of nitro benzene ring substituents is 1. The summed E-state index contributed by atoms with van der Waals surface area (Å²) in [4.78, 5) is 39.7. The van der Waals surface area contributed by atoms with Crippen LogP contribution < -0.4 is 14.4 Å². The van der Waals surface area contributed by atoms with Crippen molar-refractivity contribution in [1.82, 2.24) is 10.2 Å². The van der Waals surface area contributed by atoms with Gasteiger partial charge in [-0.15, -0.1) is 0 Å². The fraction of sp³-hybridized carbons (Fsp3) is 0.355. The second-order valence-electron chi connectivity index (χ2n) is 10.4. The molecule has 1 saturated carbocycles. The van der Waals surface area contributed by atoms with Gasteiger partial charge in [-0.05, 0) is 61.2 Å². The van der Waals surface area contributed by atoms with E-state index in [1.54, 1.807) is 49.6 Å². The van der Waals surface area contributed by atoms with Crippen LogP contribution in [0.25, 0.3) is 0 Å². The van der Waals surface area contributed by atoms with Crippen LogP contribution in [0.2, 0.25) is 0 Å². The molecule has 2 amide bonds. The fourth-order valence-corrected chi connectivity index (χ4v) is 6.64. The van der Waals surface area contributed by atoms with Crippen molar-refractivity contribution in [2.45, 2.75) is 62.6 Å². The Morgan fingerprint density at radius 3 is 2.19 bits per heavy atom. The number of amides is 2. The van der Waals surface area contributed by atoms with Crippen molar-refractivity contribution in [2.24, 2.45) is 0 Å². The first-order chi connectivity index (χ1) is 20.6. The van der Waals surface area contributed by atoms with Crippen LogP contribution >= 0.6 is 0 Å². The molecule has 1 atom stereocenters. The number of non-ortho nitro benzene ring substituents is 1. The first-order valence-electron chi connectivity index (χ1n) is 14.2. The van der Waals surface area contributed by atoms with E-state index in [9.17, 15) is 28.1 Å². The molecule has 0 radical (unpaired) electrons. The summed E-state index contributed by atoms with van der Waals surface area (Å²) in [6.45, 7) is 1.24. The van der Waals surface area contributed by atoms with Crippen molar-refractivity contribution in [2.75, 3.05) is 18.0 Å². The number of carbonyl (C=O) groups excluding carboxylic acids is 2. The van der Waals surface area contributed by atoms with E-state index in [-0.39, 0.29) is 34.8 Å². The molecule has 1 aliphatic rings. The van der Waals surface area contributed by atoms with Gasteiger partial charge in [-0.3, -0.25) is 24.0 Å². The molecule has 4 rings (SSSR count). The SMILES string of the molecule is CCC(C(=O)NC1CCCC1)N(Cc1ccc(OC)cc1)C(=O)CN(c1ccc([N+](=O)[O-])cc1)S(=O)(=O)c1ccccc1. The maximum Gasteiger partial charge on any atom is 0.269 e. The minimum absolute atomic E-state index is 0.0366. The van der Waals surface area contributed by atoms with Crippen molar-refractivity contribution < 1.29 is 27.7 Å². The summed E-state index contributed by atoms with van der Waals surface area (Å²) in [5.74, 6) is -0.253. The third-order valence-corrected chi connectivity index (χ3v) is 9.35. The predicted molar refractivity (Wildman–Crippen MR) is 162 cm³/mol. The average Bonchev–Trinajstić information content (AvgIpc) is 3.53. The molecule has 0 aliphatic heterocycles. The average molecular weight is 609 g/mol. The third kappa shape index (κ3) is 7.69. The first-order valence-corrected chi connectivity index (χ1v) is 15.6. The van der Waals surface area contributed by atoms with Crippen LogP contribution in [-0.4, -0.2) is 55.8 Å². The van der Waals surface area contributed by atoms with E-state index in [2.05, 4.69) is 5.32 Å². The highest BCUT2D eigenvalue weighted by molar-refractivity contribution is 7.92. The number of nitrogens with zero attached hydrogens (tertiary/aromatic N) is 3. The fourth-order valence-electron chi connectivity index (χ4n) is 5.20. The monoisotopic (exact) mass is 608 g/mol. The van der Waals surface area contributed by atoms with Gasteiger partial charge in [-0.1, -0.05) is 50.1 Å². The lowest BCUT2D eigenvalue weighted by Crippen LogP contribution is -2.53. The molecule has 1 aliphatic carbocycles. The minimum Gasteiger partial charge on any atom is -0.497 e. The van der Waals surface area contributed by atoms with E-state index < -0.39 is 33.4 Å². The van der Waals surface area contributed by atoms with Crippen LogP contribution in [0.15, 0.2) is 83.8 Å². The van der Waals surface area contributed by atoms with Gasteiger partial charge in [0.05, 0.1) is 22.6 Å². The van der Waals surface area contributed by atoms with Gasteiger partial charge in [0.1, 0.15) is 18.3 Å². The second-order valence-corrected chi connectivity index (χ2v) is 12.2. The molecule has 0 spiro atoms. The highest BCUT2D eigenvalue weighted by Gasteiger charge is 2.34.